The van der Waals surface area contributed by atoms with Crippen molar-refractivity contribution >= 4 is 17.5 Å². The molecule has 0 unspecified atom stereocenters. The maximum atomic E-state index is 12.6. The van der Waals surface area contributed by atoms with Gasteiger partial charge >= 0.3 is 0 Å². The molecule has 140 valence electrons. The molecular weight excluding hydrogens is 370 g/mol. The van der Waals surface area contributed by atoms with Crippen LogP contribution in [0.5, 0.6) is 11.5 Å². The number of carbonyl (C=O) groups excluding carboxylic acids is 1. The largest absolute Gasteiger partial charge is 0.493 e. The van der Waals surface area contributed by atoms with E-state index in [1.807, 2.05) is 18.2 Å². The SMILES string of the molecule is COc1ccc(CCNC(=O)c2ccc(Cl)cc2-n2cnnn2)cc1OC. The summed E-state index contributed by atoms with van der Waals surface area (Å²) in [5.74, 6) is 1.08. The molecule has 0 aliphatic heterocycles. The number of nitrogens with zero attached hydrogens (tertiary/aromatic N) is 4. The fourth-order valence-electron chi connectivity index (χ4n) is 2.61. The Kier molecular flexibility index (Phi) is 5.87. The number of rotatable bonds is 7. The number of hydrogen-bond donors (Lipinski definition) is 1. The Labute approximate surface area is 161 Å². The number of ether oxygens (including phenoxy) is 2. The highest BCUT2D eigenvalue weighted by Crippen LogP contribution is 2.27. The van der Waals surface area contributed by atoms with E-state index >= 15 is 0 Å². The van der Waals surface area contributed by atoms with Crippen LogP contribution in [0, 0.1) is 0 Å². The molecule has 0 aliphatic carbocycles. The summed E-state index contributed by atoms with van der Waals surface area (Å²) in [4.78, 5) is 12.6. The average molecular weight is 388 g/mol. The lowest BCUT2D eigenvalue weighted by atomic mass is 10.1. The molecule has 1 N–H and O–H groups in total. The molecular formula is C18H18ClN5O3. The van der Waals surface area contributed by atoms with Gasteiger partial charge in [0.15, 0.2) is 11.5 Å². The van der Waals surface area contributed by atoms with Crippen LogP contribution in [0.2, 0.25) is 5.02 Å². The highest BCUT2D eigenvalue weighted by atomic mass is 35.5. The Morgan fingerprint density at radius 3 is 2.67 bits per heavy atom. The summed E-state index contributed by atoms with van der Waals surface area (Å²) in [6, 6.07) is 10.6. The minimum Gasteiger partial charge on any atom is -0.493 e. The molecule has 0 fully saturated rings. The van der Waals surface area contributed by atoms with Crippen molar-refractivity contribution < 1.29 is 14.3 Å². The van der Waals surface area contributed by atoms with Crippen molar-refractivity contribution in [3.05, 3.63) is 58.9 Å². The molecule has 3 rings (SSSR count). The van der Waals surface area contributed by atoms with Gasteiger partial charge in [0.25, 0.3) is 5.91 Å². The van der Waals surface area contributed by atoms with Gasteiger partial charge in [0.2, 0.25) is 0 Å². The summed E-state index contributed by atoms with van der Waals surface area (Å²) < 4.78 is 11.9. The van der Waals surface area contributed by atoms with Gasteiger partial charge < -0.3 is 14.8 Å². The molecule has 0 bridgehead atoms. The summed E-state index contributed by atoms with van der Waals surface area (Å²) in [6.45, 7) is 0.450. The predicted molar refractivity (Wildman–Crippen MR) is 99.7 cm³/mol. The second kappa shape index (κ2) is 8.50. The van der Waals surface area contributed by atoms with E-state index in [0.29, 0.717) is 40.7 Å². The lowest BCUT2D eigenvalue weighted by molar-refractivity contribution is 0.0954. The lowest BCUT2D eigenvalue weighted by Crippen LogP contribution is -2.27. The zero-order valence-electron chi connectivity index (χ0n) is 14.8. The molecule has 0 atom stereocenters. The van der Waals surface area contributed by atoms with E-state index in [2.05, 4.69) is 20.8 Å². The number of hydrogen-bond acceptors (Lipinski definition) is 6. The van der Waals surface area contributed by atoms with Crippen LogP contribution in [0.15, 0.2) is 42.7 Å². The third-order valence-corrected chi connectivity index (χ3v) is 4.18. The Morgan fingerprint density at radius 2 is 1.96 bits per heavy atom. The van der Waals surface area contributed by atoms with Crippen molar-refractivity contribution in [1.29, 1.82) is 0 Å². The first-order chi connectivity index (χ1) is 13.1. The monoisotopic (exact) mass is 387 g/mol. The third kappa shape index (κ3) is 4.35. The van der Waals surface area contributed by atoms with Gasteiger partial charge in [-0.2, -0.15) is 4.68 Å². The number of halogens is 1. The van der Waals surface area contributed by atoms with E-state index in [1.54, 1.807) is 32.4 Å². The average Bonchev–Trinajstić information content (AvgIpc) is 3.22. The highest BCUT2D eigenvalue weighted by molar-refractivity contribution is 6.31. The van der Waals surface area contributed by atoms with Crippen LogP contribution in [-0.4, -0.2) is 46.9 Å². The number of methoxy groups -OCH3 is 2. The van der Waals surface area contributed by atoms with E-state index in [4.69, 9.17) is 21.1 Å². The lowest BCUT2D eigenvalue weighted by Gasteiger charge is -2.11. The summed E-state index contributed by atoms with van der Waals surface area (Å²) in [6.07, 6.45) is 2.05. The number of benzene rings is 2. The zero-order chi connectivity index (χ0) is 19.2. The number of aromatic nitrogens is 4. The van der Waals surface area contributed by atoms with Gasteiger partial charge in [-0.15, -0.1) is 5.10 Å². The van der Waals surface area contributed by atoms with Gasteiger partial charge in [-0.25, -0.2) is 0 Å². The minimum absolute atomic E-state index is 0.238. The smallest absolute Gasteiger partial charge is 0.253 e. The van der Waals surface area contributed by atoms with Crippen molar-refractivity contribution in [2.45, 2.75) is 6.42 Å². The first kappa shape index (κ1) is 18.7. The Bertz CT molecular complexity index is 931. The first-order valence-corrected chi connectivity index (χ1v) is 8.52. The Morgan fingerprint density at radius 1 is 1.15 bits per heavy atom. The summed E-state index contributed by atoms with van der Waals surface area (Å²) in [5, 5.41) is 14.4. The molecule has 8 nitrogen and oxygen atoms in total. The first-order valence-electron chi connectivity index (χ1n) is 8.14. The molecule has 1 aromatic heterocycles. The number of tetrazole rings is 1. The Balaban J connectivity index is 1.69. The number of amides is 1. The highest BCUT2D eigenvalue weighted by Gasteiger charge is 2.14. The van der Waals surface area contributed by atoms with Crippen LogP contribution in [0.25, 0.3) is 5.69 Å². The van der Waals surface area contributed by atoms with Crippen LogP contribution in [0.3, 0.4) is 0 Å². The molecule has 1 amide bonds. The quantitative estimate of drug-likeness (QED) is 0.669. The molecule has 9 heteroatoms. The van der Waals surface area contributed by atoms with Crippen molar-refractivity contribution in [3.63, 3.8) is 0 Å². The van der Waals surface area contributed by atoms with Gasteiger partial charge in [0.1, 0.15) is 6.33 Å². The summed E-state index contributed by atoms with van der Waals surface area (Å²) in [5.41, 5.74) is 1.96. The zero-order valence-corrected chi connectivity index (χ0v) is 15.6. The van der Waals surface area contributed by atoms with Gasteiger partial charge in [-0.05, 0) is 52.7 Å². The van der Waals surface area contributed by atoms with Crippen LogP contribution in [-0.2, 0) is 6.42 Å². The third-order valence-electron chi connectivity index (χ3n) is 3.95. The standard InChI is InChI=1S/C18H18ClN5O3/c1-26-16-6-3-12(9-17(16)27-2)7-8-20-18(25)14-5-4-13(19)10-15(14)24-11-21-22-23-24/h3-6,9-11H,7-8H2,1-2H3,(H,20,25). The van der Waals surface area contributed by atoms with Crippen LogP contribution in [0.1, 0.15) is 15.9 Å². The van der Waals surface area contributed by atoms with E-state index in [1.165, 1.54) is 11.0 Å². The summed E-state index contributed by atoms with van der Waals surface area (Å²) in [7, 11) is 3.18. The van der Waals surface area contributed by atoms with E-state index in [0.717, 1.165) is 5.56 Å². The van der Waals surface area contributed by atoms with E-state index < -0.39 is 0 Å². The van der Waals surface area contributed by atoms with E-state index in [9.17, 15) is 4.79 Å². The number of nitrogens with one attached hydrogen (secondary N) is 1. The minimum atomic E-state index is -0.238. The molecule has 0 radical (unpaired) electrons. The molecule has 3 aromatic rings. The Hall–Kier alpha value is -3.13. The normalized spacial score (nSPS) is 10.5. The maximum Gasteiger partial charge on any atom is 0.253 e. The van der Waals surface area contributed by atoms with Gasteiger partial charge in [-0.3, -0.25) is 4.79 Å². The van der Waals surface area contributed by atoms with Crippen LogP contribution >= 0.6 is 11.6 Å². The van der Waals surface area contributed by atoms with Crippen LogP contribution < -0.4 is 14.8 Å². The van der Waals surface area contributed by atoms with Gasteiger partial charge in [-0.1, -0.05) is 17.7 Å². The summed E-state index contributed by atoms with van der Waals surface area (Å²) >= 11 is 6.04. The van der Waals surface area contributed by atoms with Gasteiger partial charge in [0, 0.05) is 11.6 Å². The molecule has 0 aliphatic rings. The molecule has 2 aromatic carbocycles. The number of carbonyl (C=O) groups is 1. The fraction of sp³-hybridized carbons (Fsp3) is 0.222. The van der Waals surface area contributed by atoms with Crippen molar-refractivity contribution in [1.82, 2.24) is 25.5 Å². The van der Waals surface area contributed by atoms with Crippen molar-refractivity contribution in [2.75, 3.05) is 20.8 Å². The topological polar surface area (TPSA) is 91.2 Å². The molecule has 27 heavy (non-hydrogen) atoms. The molecule has 1 heterocycles. The van der Waals surface area contributed by atoms with Crippen molar-refractivity contribution in [2.24, 2.45) is 0 Å². The second-order valence-electron chi connectivity index (χ2n) is 5.61. The molecule has 0 saturated heterocycles. The van der Waals surface area contributed by atoms with E-state index in [-0.39, 0.29) is 5.91 Å². The molecule has 0 saturated carbocycles. The fourth-order valence-corrected chi connectivity index (χ4v) is 2.78. The molecule has 0 spiro atoms. The van der Waals surface area contributed by atoms with Crippen LogP contribution in [0.4, 0.5) is 0 Å². The van der Waals surface area contributed by atoms with Gasteiger partial charge in [0.05, 0.1) is 25.5 Å². The predicted octanol–water partition coefficient (Wildman–Crippen LogP) is 2.31. The maximum absolute atomic E-state index is 12.6. The van der Waals surface area contributed by atoms with Crippen molar-refractivity contribution in [3.8, 4) is 17.2 Å². The second-order valence-corrected chi connectivity index (χ2v) is 6.05.